The van der Waals surface area contributed by atoms with Crippen molar-refractivity contribution >= 4 is 0 Å². The summed E-state index contributed by atoms with van der Waals surface area (Å²) in [4.78, 5) is 4.11. The third-order valence-electron chi connectivity index (χ3n) is 1.51. The summed E-state index contributed by atoms with van der Waals surface area (Å²) in [5, 5.41) is 13.5. The number of aryl methyl sites for hydroxylation is 1. The monoisotopic (exact) mass is 191 g/mol. The number of H-pyrrole nitrogens is 1. The topological polar surface area (TPSA) is 67.3 Å². The van der Waals surface area contributed by atoms with Crippen LogP contribution in [0.25, 0.3) is 11.4 Å². The van der Waals surface area contributed by atoms with Crippen LogP contribution < -0.4 is 0 Å². The standard InChI is InChI=1S/C7H7N5.C2H6/c1-5-2-3-6(4-8-5)7-9-11-12-10-7;1-2/h2-4H,1H3,(H,9,10,11,12);1-2H3. The van der Waals surface area contributed by atoms with E-state index in [1.807, 2.05) is 32.9 Å². The molecule has 2 aromatic heterocycles. The average Bonchev–Trinajstić information content (AvgIpc) is 2.75. The second-order valence-electron chi connectivity index (χ2n) is 2.42. The lowest BCUT2D eigenvalue weighted by atomic mass is 10.2. The molecule has 0 radical (unpaired) electrons. The summed E-state index contributed by atoms with van der Waals surface area (Å²) >= 11 is 0. The first-order valence-corrected chi connectivity index (χ1v) is 4.53. The number of nitrogens with one attached hydrogen (secondary N) is 1. The molecule has 0 aliphatic carbocycles. The van der Waals surface area contributed by atoms with Crippen LogP contribution in [0.1, 0.15) is 19.5 Å². The van der Waals surface area contributed by atoms with Gasteiger partial charge in [0.05, 0.1) is 0 Å². The highest BCUT2D eigenvalue weighted by molar-refractivity contribution is 5.51. The number of aromatic nitrogens is 5. The Morgan fingerprint density at radius 2 is 2.00 bits per heavy atom. The summed E-state index contributed by atoms with van der Waals surface area (Å²) in [7, 11) is 0. The molecule has 5 nitrogen and oxygen atoms in total. The molecule has 0 atom stereocenters. The predicted molar refractivity (Wildman–Crippen MR) is 53.5 cm³/mol. The van der Waals surface area contributed by atoms with Gasteiger partial charge in [-0.3, -0.25) is 4.98 Å². The molecule has 0 aromatic carbocycles. The van der Waals surface area contributed by atoms with Crippen LogP contribution in [-0.4, -0.2) is 25.6 Å². The highest BCUT2D eigenvalue weighted by Crippen LogP contribution is 2.10. The number of nitrogens with zero attached hydrogens (tertiary/aromatic N) is 4. The fourth-order valence-corrected chi connectivity index (χ4v) is 0.884. The highest BCUT2D eigenvalue weighted by Gasteiger charge is 2.00. The molecule has 14 heavy (non-hydrogen) atoms. The number of rotatable bonds is 1. The van der Waals surface area contributed by atoms with Crippen LogP contribution in [-0.2, 0) is 0 Å². The Bertz CT molecular complexity index is 351. The van der Waals surface area contributed by atoms with Gasteiger partial charge >= 0.3 is 0 Å². The van der Waals surface area contributed by atoms with Crippen molar-refractivity contribution in [3.8, 4) is 11.4 Å². The quantitative estimate of drug-likeness (QED) is 0.743. The number of pyridine rings is 1. The van der Waals surface area contributed by atoms with Crippen molar-refractivity contribution in [2.75, 3.05) is 0 Å². The molecule has 74 valence electrons. The first-order chi connectivity index (χ1) is 6.86. The Balaban J connectivity index is 0.000000461. The highest BCUT2D eigenvalue weighted by atomic mass is 15.5. The van der Waals surface area contributed by atoms with Gasteiger partial charge in [0.15, 0.2) is 0 Å². The smallest absolute Gasteiger partial charge is 0.206 e. The van der Waals surface area contributed by atoms with Crippen LogP contribution in [0.3, 0.4) is 0 Å². The second kappa shape index (κ2) is 5.06. The van der Waals surface area contributed by atoms with Crippen molar-refractivity contribution in [1.82, 2.24) is 25.6 Å². The minimum absolute atomic E-state index is 0.572. The van der Waals surface area contributed by atoms with Crippen LogP contribution in [0.4, 0.5) is 0 Å². The van der Waals surface area contributed by atoms with Gasteiger partial charge in [-0.1, -0.05) is 13.8 Å². The van der Waals surface area contributed by atoms with Gasteiger partial charge in [-0.05, 0) is 24.3 Å². The molecular formula is C9H13N5. The lowest BCUT2D eigenvalue weighted by Gasteiger charge is -1.92. The first-order valence-electron chi connectivity index (χ1n) is 4.53. The van der Waals surface area contributed by atoms with Crippen LogP contribution in [0.2, 0.25) is 0 Å². The molecule has 1 N–H and O–H groups in total. The van der Waals surface area contributed by atoms with E-state index in [9.17, 15) is 0 Å². The molecule has 0 saturated heterocycles. The Morgan fingerprint density at radius 1 is 1.21 bits per heavy atom. The molecule has 0 amide bonds. The molecule has 0 unspecified atom stereocenters. The van der Waals surface area contributed by atoms with Gasteiger partial charge in [-0.15, -0.1) is 10.2 Å². The van der Waals surface area contributed by atoms with E-state index in [1.165, 1.54) is 0 Å². The minimum Gasteiger partial charge on any atom is -0.261 e. The molecule has 0 fully saturated rings. The molecular weight excluding hydrogens is 178 g/mol. The fraction of sp³-hybridized carbons (Fsp3) is 0.333. The third kappa shape index (κ3) is 2.35. The SMILES string of the molecule is CC.Cc1ccc(-c2nn[nH]n2)cn1. The van der Waals surface area contributed by atoms with E-state index in [0.717, 1.165) is 11.3 Å². The van der Waals surface area contributed by atoms with E-state index in [-0.39, 0.29) is 0 Å². The zero-order chi connectivity index (χ0) is 10.4. The van der Waals surface area contributed by atoms with E-state index >= 15 is 0 Å². The van der Waals surface area contributed by atoms with Crippen molar-refractivity contribution in [2.24, 2.45) is 0 Å². The first kappa shape index (κ1) is 10.3. The molecule has 2 aromatic rings. The van der Waals surface area contributed by atoms with E-state index in [0.29, 0.717) is 5.82 Å². The van der Waals surface area contributed by atoms with Crippen LogP contribution in [0.15, 0.2) is 18.3 Å². The summed E-state index contributed by atoms with van der Waals surface area (Å²) in [5.74, 6) is 0.572. The zero-order valence-corrected chi connectivity index (χ0v) is 8.52. The minimum atomic E-state index is 0.572. The molecule has 2 heterocycles. The maximum absolute atomic E-state index is 4.11. The van der Waals surface area contributed by atoms with Gasteiger partial charge in [0.1, 0.15) is 0 Å². The lowest BCUT2D eigenvalue weighted by molar-refractivity contribution is 0.881. The van der Waals surface area contributed by atoms with Gasteiger partial charge in [-0.25, -0.2) is 0 Å². The van der Waals surface area contributed by atoms with Crippen molar-refractivity contribution in [3.05, 3.63) is 24.0 Å². The van der Waals surface area contributed by atoms with E-state index < -0.39 is 0 Å². The molecule has 0 saturated carbocycles. The second-order valence-corrected chi connectivity index (χ2v) is 2.42. The number of tetrazole rings is 1. The molecule has 0 aliphatic rings. The molecule has 0 spiro atoms. The molecule has 5 heteroatoms. The lowest BCUT2D eigenvalue weighted by Crippen LogP contribution is -1.84. The van der Waals surface area contributed by atoms with Crippen molar-refractivity contribution < 1.29 is 0 Å². The largest absolute Gasteiger partial charge is 0.261 e. The Hall–Kier alpha value is -1.78. The van der Waals surface area contributed by atoms with Crippen LogP contribution >= 0.6 is 0 Å². The van der Waals surface area contributed by atoms with Crippen molar-refractivity contribution in [3.63, 3.8) is 0 Å². The molecule has 2 rings (SSSR count). The summed E-state index contributed by atoms with van der Waals surface area (Å²) in [6.45, 7) is 5.93. The van der Waals surface area contributed by atoms with Crippen LogP contribution in [0, 0.1) is 6.92 Å². The normalized spacial score (nSPS) is 9.07. The molecule has 0 aliphatic heterocycles. The maximum Gasteiger partial charge on any atom is 0.206 e. The van der Waals surface area contributed by atoms with Crippen molar-refractivity contribution in [1.29, 1.82) is 0 Å². The van der Waals surface area contributed by atoms with Gasteiger partial charge < -0.3 is 0 Å². The van der Waals surface area contributed by atoms with Gasteiger partial charge in [0, 0.05) is 17.5 Å². The Labute approximate surface area is 82.6 Å². The number of hydrogen-bond donors (Lipinski definition) is 1. The van der Waals surface area contributed by atoms with E-state index in [4.69, 9.17) is 0 Å². The Kier molecular flexibility index (Phi) is 3.72. The van der Waals surface area contributed by atoms with Crippen molar-refractivity contribution in [2.45, 2.75) is 20.8 Å². The number of hydrogen-bond acceptors (Lipinski definition) is 4. The van der Waals surface area contributed by atoms with Gasteiger partial charge in [0.25, 0.3) is 0 Å². The van der Waals surface area contributed by atoms with Gasteiger partial charge in [-0.2, -0.15) is 5.21 Å². The predicted octanol–water partition coefficient (Wildman–Crippen LogP) is 1.60. The molecule has 0 bridgehead atoms. The van der Waals surface area contributed by atoms with E-state index in [2.05, 4.69) is 25.6 Å². The van der Waals surface area contributed by atoms with E-state index in [1.54, 1.807) is 6.20 Å². The summed E-state index contributed by atoms with van der Waals surface area (Å²) in [6.07, 6.45) is 1.72. The Morgan fingerprint density at radius 3 is 2.50 bits per heavy atom. The maximum atomic E-state index is 4.11. The fourth-order valence-electron chi connectivity index (χ4n) is 0.884. The summed E-state index contributed by atoms with van der Waals surface area (Å²) in [5.41, 5.74) is 1.84. The zero-order valence-electron chi connectivity index (χ0n) is 8.52. The summed E-state index contributed by atoms with van der Waals surface area (Å²) < 4.78 is 0. The summed E-state index contributed by atoms with van der Waals surface area (Å²) in [6, 6.07) is 3.82. The van der Waals surface area contributed by atoms with Crippen LogP contribution in [0.5, 0.6) is 0 Å². The van der Waals surface area contributed by atoms with Gasteiger partial charge in [0.2, 0.25) is 5.82 Å². The third-order valence-corrected chi connectivity index (χ3v) is 1.51. The average molecular weight is 191 g/mol. The number of aromatic amines is 1.